The van der Waals surface area contributed by atoms with Crippen LogP contribution in [0.3, 0.4) is 0 Å². The predicted octanol–water partition coefficient (Wildman–Crippen LogP) is -4.18. The standard InChI is InChI=1S/C11H12O3.C8H6O3.CH2O3.2K.H/c1-8(2)14-11(13)10-5-3-9(7-12)4-6-10;9-5-6-1-3-7(4-2-6)8(10)11;2-1-4-3;;;/h3-8H,1-2H3;1-5H,(H,10,11);1,3H;;;/q;;;2*+1;-1/p-1. The second-order valence-electron chi connectivity index (χ2n) is 5.43. The van der Waals surface area contributed by atoms with E-state index in [2.05, 4.69) is 4.89 Å². The molecule has 0 unspecified atom stereocenters. The van der Waals surface area contributed by atoms with E-state index in [0.29, 0.717) is 23.0 Å². The molecule has 2 aromatic rings. The summed E-state index contributed by atoms with van der Waals surface area (Å²) in [7, 11) is 0. The first kappa shape index (κ1) is 35.0. The summed E-state index contributed by atoms with van der Waals surface area (Å²) in [6.45, 7) is 3.40. The minimum Gasteiger partial charge on any atom is -1.00 e. The Hall–Kier alpha value is -0.577. The van der Waals surface area contributed by atoms with Crippen LogP contribution in [0.1, 0.15) is 56.7 Å². The Morgan fingerprint density at radius 3 is 1.48 bits per heavy atom. The number of carboxylic acid groups (broad SMARTS) is 1. The van der Waals surface area contributed by atoms with Gasteiger partial charge in [-0.05, 0) is 38.1 Å². The van der Waals surface area contributed by atoms with Gasteiger partial charge in [0.15, 0.2) is 0 Å². The van der Waals surface area contributed by atoms with Gasteiger partial charge < -0.3 is 21.4 Å². The zero-order valence-electron chi connectivity index (χ0n) is 18.6. The first-order chi connectivity index (χ1) is 13.8. The van der Waals surface area contributed by atoms with Crippen molar-refractivity contribution in [1.82, 2.24) is 0 Å². The topological polar surface area (TPSA) is 147 Å². The number of ether oxygens (including phenoxy) is 1. The van der Waals surface area contributed by atoms with E-state index in [1.807, 2.05) is 0 Å². The number of aldehydes is 2. The van der Waals surface area contributed by atoms with Crippen molar-refractivity contribution < 1.29 is 148 Å². The molecule has 31 heavy (non-hydrogen) atoms. The fourth-order valence-corrected chi connectivity index (χ4v) is 1.68. The summed E-state index contributed by atoms with van der Waals surface area (Å²) >= 11 is 0. The molecule has 1 N–H and O–H groups in total. The van der Waals surface area contributed by atoms with Gasteiger partial charge in [-0.2, -0.15) is 0 Å². The summed E-state index contributed by atoms with van der Waals surface area (Å²) < 4.78 is 4.98. The maximum atomic E-state index is 11.3. The van der Waals surface area contributed by atoms with E-state index in [1.54, 1.807) is 38.1 Å². The Balaban J connectivity index is -0.000000197. The molecule has 0 atom stereocenters. The van der Waals surface area contributed by atoms with E-state index in [9.17, 15) is 19.2 Å². The van der Waals surface area contributed by atoms with Crippen LogP contribution in [0, 0.1) is 0 Å². The van der Waals surface area contributed by atoms with E-state index in [1.165, 1.54) is 24.3 Å². The van der Waals surface area contributed by atoms with Crippen LogP contribution in [0.5, 0.6) is 0 Å². The van der Waals surface area contributed by atoms with E-state index in [0.717, 1.165) is 6.29 Å². The summed E-state index contributed by atoms with van der Waals surface area (Å²) in [5.74, 6) is -1.35. The number of carbonyl (C=O) groups is 5. The maximum Gasteiger partial charge on any atom is 1.00 e. The van der Waals surface area contributed by atoms with Gasteiger partial charge in [0.05, 0.1) is 17.2 Å². The number of hydrogen-bond acceptors (Lipinski definition) is 8. The van der Waals surface area contributed by atoms with Gasteiger partial charge in [-0.15, -0.1) is 0 Å². The molecule has 0 spiro atoms. The Bertz CT molecular complexity index is 811. The van der Waals surface area contributed by atoms with Crippen LogP contribution in [0.15, 0.2) is 48.5 Å². The minimum absolute atomic E-state index is 0. The predicted molar refractivity (Wildman–Crippen MR) is 99.4 cm³/mol. The summed E-state index contributed by atoms with van der Waals surface area (Å²) in [5, 5.41) is 16.9. The van der Waals surface area contributed by atoms with Gasteiger partial charge >= 0.3 is 115 Å². The van der Waals surface area contributed by atoms with Crippen LogP contribution < -0.4 is 108 Å². The van der Waals surface area contributed by atoms with Crippen LogP contribution in [-0.4, -0.2) is 42.2 Å². The molecule has 9 nitrogen and oxygen atoms in total. The van der Waals surface area contributed by atoms with Crippen LogP contribution >= 0.6 is 0 Å². The third-order valence-electron chi connectivity index (χ3n) is 2.96. The number of aromatic carboxylic acids is 1. The number of benzene rings is 2. The molecule has 0 aromatic heterocycles. The van der Waals surface area contributed by atoms with Crippen molar-refractivity contribution in [1.29, 1.82) is 0 Å². The normalized spacial score (nSPS) is 8.39. The van der Waals surface area contributed by atoms with Crippen molar-refractivity contribution in [3.63, 3.8) is 0 Å². The molecule has 0 aliphatic rings. The largest absolute Gasteiger partial charge is 1.00 e. The average Bonchev–Trinajstić information content (AvgIpc) is 2.74. The molecule has 0 amide bonds. The van der Waals surface area contributed by atoms with Crippen LogP contribution in [0.25, 0.3) is 0 Å². The van der Waals surface area contributed by atoms with E-state index in [-0.39, 0.29) is 128 Å². The van der Waals surface area contributed by atoms with Crippen molar-refractivity contribution in [2.45, 2.75) is 20.0 Å². The fourth-order valence-electron chi connectivity index (χ4n) is 1.68. The molecule has 0 aliphatic carbocycles. The summed E-state index contributed by atoms with van der Waals surface area (Å²) in [5.41, 5.74) is 1.68. The Morgan fingerprint density at radius 2 is 1.23 bits per heavy atom. The molecule has 0 bridgehead atoms. The Labute approximate surface area is 265 Å². The van der Waals surface area contributed by atoms with Crippen LogP contribution in [0.2, 0.25) is 0 Å². The van der Waals surface area contributed by atoms with Crippen LogP contribution in [0.4, 0.5) is 0 Å². The van der Waals surface area contributed by atoms with Gasteiger partial charge in [0, 0.05) is 11.1 Å². The Morgan fingerprint density at radius 1 is 0.871 bits per heavy atom. The average molecular weight is 483 g/mol. The van der Waals surface area contributed by atoms with E-state index < -0.39 is 5.97 Å². The fraction of sp³-hybridized carbons (Fsp3) is 0.150. The zero-order valence-corrected chi connectivity index (χ0v) is 23.9. The number of hydrogen-bond donors (Lipinski definition) is 1. The van der Waals surface area contributed by atoms with Crippen LogP contribution in [-0.2, 0) is 14.4 Å². The number of rotatable bonds is 6. The molecule has 0 saturated carbocycles. The van der Waals surface area contributed by atoms with Gasteiger partial charge in [-0.1, -0.05) is 24.3 Å². The molecule has 11 heteroatoms. The third kappa shape index (κ3) is 16.7. The van der Waals surface area contributed by atoms with Gasteiger partial charge in [0.25, 0.3) is 6.47 Å². The second kappa shape index (κ2) is 21.3. The number of carbonyl (C=O) groups excluding carboxylic acids is 4. The van der Waals surface area contributed by atoms with Crippen molar-refractivity contribution in [2.75, 3.05) is 0 Å². The summed E-state index contributed by atoms with van der Waals surface area (Å²) in [6, 6.07) is 12.1. The van der Waals surface area contributed by atoms with E-state index in [4.69, 9.17) is 19.9 Å². The summed E-state index contributed by atoms with van der Waals surface area (Å²) in [6.07, 6.45) is 1.27. The molecule has 2 rings (SSSR count). The Kier molecular flexibility index (Phi) is 24.0. The molecule has 0 aliphatic heterocycles. The van der Waals surface area contributed by atoms with Gasteiger partial charge in [0.2, 0.25) is 0 Å². The molecule has 2 aromatic carbocycles. The molecule has 156 valence electrons. The third-order valence-corrected chi connectivity index (χ3v) is 2.96. The smallest absolute Gasteiger partial charge is 1.00 e. The summed E-state index contributed by atoms with van der Waals surface area (Å²) in [4.78, 5) is 53.4. The molecular weight excluding hydrogens is 462 g/mol. The van der Waals surface area contributed by atoms with Crippen molar-refractivity contribution in [2.24, 2.45) is 0 Å². The van der Waals surface area contributed by atoms with Crippen molar-refractivity contribution >= 4 is 31.0 Å². The molecular formula is C20H20K2O9. The van der Waals surface area contributed by atoms with Crippen molar-refractivity contribution in [3.05, 3.63) is 70.8 Å². The number of carboxylic acids is 1. The monoisotopic (exact) mass is 482 g/mol. The van der Waals surface area contributed by atoms with E-state index >= 15 is 0 Å². The first-order valence-corrected chi connectivity index (χ1v) is 8.06. The SMILES string of the molecule is CC(C)OC(=O)c1ccc(C=O)cc1.O=CO[O-].O=Cc1ccc(C(=O)O)cc1.[H-].[K+].[K+]. The first-order valence-electron chi connectivity index (χ1n) is 8.06. The van der Waals surface area contributed by atoms with Gasteiger partial charge in [0.1, 0.15) is 12.6 Å². The van der Waals surface area contributed by atoms with Crippen molar-refractivity contribution in [3.8, 4) is 0 Å². The minimum atomic E-state index is -0.984. The maximum absolute atomic E-state index is 11.3. The molecule has 0 fully saturated rings. The number of esters is 1. The molecule has 0 saturated heterocycles. The quantitative estimate of drug-likeness (QED) is 0.142. The molecule has 0 radical (unpaired) electrons. The zero-order chi connectivity index (χ0) is 22.2. The molecule has 0 heterocycles. The van der Waals surface area contributed by atoms with Gasteiger partial charge in [-0.3, -0.25) is 14.4 Å². The van der Waals surface area contributed by atoms with Gasteiger partial charge in [-0.25, -0.2) is 9.59 Å². The second-order valence-corrected chi connectivity index (χ2v) is 5.43.